The maximum absolute atomic E-state index is 6.03. The van der Waals surface area contributed by atoms with Crippen molar-refractivity contribution in [3.63, 3.8) is 0 Å². The Morgan fingerprint density at radius 1 is 0.696 bits per heavy atom. The van der Waals surface area contributed by atoms with Gasteiger partial charge in [-0.1, -0.05) is 35.3 Å². The van der Waals surface area contributed by atoms with Gasteiger partial charge in [0.1, 0.15) is 5.82 Å². The summed E-state index contributed by atoms with van der Waals surface area (Å²) in [6, 6.07) is 23.6. The molecule has 1 heterocycles. The van der Waals surface area contributed by atoms with Crippen molar-refractivity contribution in [3.05, 3.63) is 82.8 Å². The summed E-state index contributed by atoms with van der Waals surface area (Å²) in [5.74, 6) is 0.880. The second kappa shape index (κ2) is 5.73. The number of hydrogen-bond donors (Lipinski definition) is 0. The first-order valence-corrected chi connectivity index (χ1v) is 7.97. The van der Waals surface area contributed by atoms with Gasteiger partial charge >= 0.3 is 0 Å². The van der Waals surface area contributed by atoms with Gasteiger partial charge in [0.25, 0.3) is 0 Å². The van der Waals surface area contributed by atoms with Gasteiger partial charge in [-0.05, 0) is 60.7 Å². The van der Waals surface area contributed by atoms with E-state index in [2.05, 4.69) is 10.6 Å². The minimum atomic E-state index is 0.711. The van der Waals surface area contributed by atoms with Gasteiger partial charge in [0.15, 0.2) is 0 Å². The first-order valence-electron chi connectivity index (χ1n) is 7.22. The molecule has 0 atom stereocenters. The van der Waals surface area contributed by atoms with Crippen molar-refractivity contribution in [2.45, 2.75) is 0 Å². The van der Waals surface area contributed by atoms with Crippen molar-refractivity contribution in [1.29, 1.82) is 0 Å². The summed E-state index contributed by atoms with van der Waals surface area (Å²) in [6.07, 6.45) is 0. The van der Waals surface area contributed by atoms with E-state index in [-0.39, 0.29) is 0 Å². The van der Waals surface area contributed by atoms with Gasteiger partial charge in [0.2, 0.25) is 0 Å². The Kier molecular flexibility index (Phi) is 3.56. The normalized spacial score (nSPS) is 11.0. The summed E-state index contributed by atoms with van der Waals surface area (Å²) in [7, 11) is 0. The van der Waals surface area contributed by atoms with Crippen LogP contribution >= 0.6 is 23.2 Å². The van der Waals surface area contributed by atoms with Gasteiger partial charge in [-0.2, -0.15) is 0 Å². The first kappa shape index (κ1) is 14.3. The Morgan fingerprint density at radius 3 is 2.00 bits per heavy atom. The average Bonchev–Trinajstić information content (AvgIpc) is 2.96. The Hall–Kier alpha value is -2.29. The van der Waals surface area contributed by atoms with E-state index in [1.807, 2.05) is 66.7 Å². The standard InChI is InChI=1S/C19H12Cl2N2/c20-14-7-5-13(6-8-14)19-22-17-3-1-2-4-18(17)23(19)16-11-9-15(21)10-12-16/h1-12H. The summed E-state index contributed by atoms with van der Waals surface area (Å²) in [5, 5.41) is 1.43. The molecule has 112 valence electrons. The molecule has 1 aromatic heterocycles. The second-order valence-corrected chi connectivity index (χ2v) is 6.12. The molecule has 0 N–H and O–H groups in total. The predicted octanol–water partition coefficient (Wildman–Crippen LogP) is 6.00. The molecule has 0 aliphatic carbocycles. The Balaban J connectivity index is 2.01. The van der Waals surface area contributed by atoms with Crippen LogP contribution in [-0.2, 0) is 0 Å². The van der Waals surface area contributed by atoms with Crippen LogP contribution in [0.5, 0.6) is 0 Å². The summed E-state index contributed by atoms with van der Waals surface area (Å²) in [6.45, 7) is 0. The lowest BCUT2D eigenvalue weighted by molar-refractivity contribution is 1.10. The van der Waals surface area contributed by atoms with Gasteiger partial charge in [0.05, 0.1) is 11.0 Å². The molecular weight excluding hydrogens is 327 g/mol. The van der Waals surface area contributed by atoms with Crippen LogP contribution in [0, 0.1) is 0 Å². The number of nitrogens with zero attached hydrogens (tertiary/aromatic N) is 2. The van der Waals surface area contributed by atoms with Crippen LogP contribution in [0.3, 0.4) is 0 Å². The number of para-hydroxylation sites is 2. The summed E-state index contributed by atoms with van der Waals surface area (Å²) < 4.78 is 2.13. The molecule has 23 heavy (non-hydrogen) atoms. The van der Waals surface area contributed by atoms with E-state index in [1.54, 1.807) is 0 Å². The molecule has 0 amide bonds. The number of aromatic nitrogens is 2. The molecule has 4 aromatic rings. The van der Waals surface area contributed by atoms with Gasteiger partial charge in [0, 0.05) is 21.3 Å². The SMILES string of the molecule is Clc1ccc(-c2nc3ccccc3n2-c2ccc(Cl)cc2)cc1. The van der Waals surface area contributed by atoms with Crippen molar-refractivity contribution in [3.8, 4) is 17.1 Å². The lowest BCUT2D eigenvalue weighted by Crippen LogP contribution is -1.97. The molecule has 0 saturated carbocycles. The van der Waals surface area contributed by atoms with Crippen LogP contribution in [0.25, 0.3) is 28.1 Å². The molecule has 2 nitrogen and oxygen atoms in total. The van der Waals surface area contributed by atoms with E-state index >= 15 is 0 Å². The smallest absolute Gasteiger partial charge is 0.145 e. The van der Waals surface area contributed by atoms with E-state index in [4.69, 9.17) is 28.2 Å². The fraction of sp³-hybridized carbons (Fsp3) is 0. The van der Waals surface area contributed by atoms with Gasteiger partial charge in [-0.25, -0.2) is 4.98 Å². The molecular formula is C19H12Cl2N2. The monoisotopic (exact) mass is 338 g/mol. The zero-order chi connectivity index (χ0) is 15.8. The molecule has 3 aromatic carbocycles. The molecule has 4 heteroatoms. The highest BCUT2D eigenvalue weighted by Gasteiger charge is 2.13. The minimum Gasteiger partial charge on any atom is -0.292 e. The highest BCUT2D eigenvalue weighted by atomic mass is 35.5. The van der Waals surface area contributed by atoms with Crippen LogP contribution < -0.4 is 0 Å². The Morgan fingerprint density at radius 2 is 1.30 bits per heavy atom. The van der Waals surface area contributed by atoms with E-state index in [1.165, 1.54) is 0 Å². The molecule has 4 rings (SSSR count). The minimum absolute atomic E-state index is 0.711. The van der Waals surface area contributed by atoms with Crippen molar-refractivity contribution >= 4 is 34.2 Å². The largest absolute Gasteiger partial charge is 0.292 e. The number of fused-ring (bicyclic) bond motifs is 1. The first-order chi connectivity index (χ1) is 11.2. The molecule has 0 spiro atoms. The van der Waals surface area contributed by atoms with Crippen LogP contribution in [-0.4, -0.2) is 9.55 Å². The average molecular weight is 339 g/mol. The quantitative estimate of drug-likeness (QED) is 0.438. The molecule has 0 aliphatic rings. The fourth-order valence-corrected chi connectivity index (χ4v) is 2.92. The molecule has 0 bridgehead atoms. The van der Waals surface area contributed by atoms with Crippen LogP contribution in [0.1, 0.15) is 0 Å². The Bertz CT molecular complexity index is 971. The number of hydrogen-bond acceptors (Lipinski definition) is 1. The van der Waals surface area contributed by atoms with Crippen molar-refractivity contribution in [1.82, 2.24) is 9.55 Å². The van der Waals surface area contributed by atoms with Crippen LogP contribution in [0.15, 0.2) is 72.8 Å². The van der Waals surface area contributed by atoms with E-state index < -0.39 is 0 Å². The fourth-order valence-electron chi connectivity index (χ4n) is 2.67. The third-order valence-corrected chi connectivity index (χ3v) is 4.25. The maximum atomic E-state index is 6.03. The lowest BCUT2D eigenvalue weighted by atomic mass is 10.2. The predicted molar refractivity (Wildman–Crippen MR) is 96.5 cm³/mol. The van der Waals surface area contributed by atoms with Gasteiger partial charge in [-0.15, -0.1) is 0 Å². The number of rotatable bonds is 2. The summed E-state index contributed by atoms with van der Waals surface area (Å²) in [4.78, 5) is 4.80. The number of benzene rings is 3. The van der Waals surface area contributed by atoms with E-state index in [0.717, 1.165) is 28.1 Å². The molecule has 0 fully saturated rings. The molecule has 0 radical (unpaired) electrons. The zero-order valence-electron chi connectivity index (χ0n) is 12.1. The van der Waals surface area contributed by atoms with E-state index in [9.17, 15) is 0 Å². The topological polar surface area (TPSA) is 17.8 Å². The molecule has 0 unspecified atom stereocenters. The maximum Gasteiger partial charge on any atom is 0.145 e. The molecule has 0 saturated heterocycles. The third kappa shape index (κ3) is 2.61. The highest BCUT2D eigenvalue weighted by molar-refractivity contribution is 6.30. The van der Waals surface area contributed by atoms with Crippen molar-refractivity contribution in [2.24, 2.45) is 0 Å². The third-order valence-electron chi connectivity index (χ3n) is 3.75. The second-order valence-electron chi connectivity index (χ2n) is 5.24. The summed E-state index contributed by atoms with van der Waals surface area (Å²) >= 11 is 12.0. The van der Waals surface area contributed by atoms with Gasteiger partial charge in [-0.3, -0.25) is 4.57 Å². The van der Waals surface area contributed by atoms with Crippen molar-refractivity contribution < 1.29 is 0 Å². The van der Waals surface area contributed by atoms with E-state index in [0.29, 0.717) is 10.0 Å². The van der Waals surface area contributed by atoms with Crippen molar-refractivity contribution in [2.75, 3.05) is 0 Å². The molecule has 0 aliphatic heterocycles. The van der Waals surface area contributed by atoms with Gasteiger partial charge < -0.3 is 0 Å². The van der Waals surface area contributed by atoms with Crippen LogP contribution in [0.4, 0.5) is 0 Å². The van der Waals surface area contributed by atoms with Crippen LogP contribution in [0.2, 0.25) is 10.0 Å². The number of imidazole rings is 1. The highest BCUT2D eigenvalue weighted by Crippen LogP contribution is 2.29. The summed E-state index contributed by atoms with van der Waals surface area (Å²) in [5.41, 5.74) is 4.04. The lowest BCUT2D eigenvalue weighted by Gasteiger charge is -2.10. The zero-order valence-corrected chi connectivity index (χ0v) is 13.6. The number of halogens is 2. The Labute approximate surface area is 143 Å².